The summed E-state index contributed by atoms with van der Waals surface area (Å²) in [6.45, 7) is 1.90. The molecule has 7 heteroatoms. The van der Waals surface area contributed by atoms with Gasteiger partial charge in [-0.05, 0) is 25.1 Å². The van der Waals surface area contributed by atoms with Crippen LogP contribution in [-0.2, 0) is 0 Å². The predicted octanol–water partition coefficient (Wildman–Crippen LogP) is 5.13. The molecule has 0 aliphatic carbocycles. The molecule has 0 unspecified atom stereocenters. The van der Waals surface area contributed by atoms with Crippen molar-refractivity contribution in [3.05, 3.63) is 66.4 Å². The number of hydrogen-bond acceptors (Lipinski definition) is 6. The molecular formula is C19H16N4OS2. The lowest BCUT2D eigenvalue weighted by Crippen LogP contribution is -2.12. The maximum Gasteiger partial charge on any atom is 0.210 e. The van der Waals surface area contributed by atoms with E-state index in [1.165, 1.54) is 23.1 Å². The Hall–Kier alpha value is -2.64. The van der Waals surface area contributed by atoms with Crippen LogP contribution in [0.4, 0.5) is 10.8 Å². The molecule has 2 N–H and O–H groups in total. The van der Waals surface area contributed by atoms with Gasteiger partial charge in [0.25, 0.3) is 0 Å². The first kappa shape index (κ1) is 16.8. The Bertz CT molecular complexity index is 1040. The number of thioether (sulfide) groups is 1. The van der Waals surface area contributed by atoms with Gasteiger partial charge in [0.15, 0.2) is 10.1 Å². The van der Waals surface area contributed by atoms with Crippen molar-refractivity contribution in [1.82, 2.24) is 15.2 Å². The molecule has 0 aliphatic heterocycles. The van der Waals surface area contributed by atoms with E-state index in [1.54, 1.807) is 6.20 Å². The molecule has 26 heavy (non-hydrogen) atoms. The van der Waals surface area contributed by atoms with Crippen molar-refractivity contribution in [1.29, 1.82) is 0 Å². The van der Waals surface area contributed by atoms with Gasteiger partial charge in [0.05, 0.1) is 5.25 Å². The van der Waals surface area contributed by atoms with Crippen molar-refractivity contribution in [3.8, 4) is 0 Å². The number of H-pyrrole nitrogens is 1. The van der Waals surface area contributed by atoms with Gasteiger partial charge in [0.1, 0.15) is 0 Å². The summed E-state index contributed by atoms with van der Waals surface area (Å²) in [5, 5.41) is 13.0. The summed E-state index contributed by atoms with van der Waals surface area (Å²) < 4.78 is 0.768. The SMILES string of the molecule is C[C@@H](Sc1nnc(Nc2ccccc2)s1)C(=O)c1c[nH]c2ccccc12. The van der Waals surface area contributed by atoms with E-state index in [9.17, 15) is 4.79 Å². The minimum Gasteiger partial charge on any atom is -0.360 e. The third-order valence-electron chi connectivity index (χ3n) is 3.93. The maximum atomic E-state index is 12.8. The van der Waals surface area contributed by atoms with Gasteiger partial charge in [-0.2, -0.15) is 0 Å². The monoisotopic (exact) mass is 380 g/mol. The van der Waals surface area contributed by atoms with Crippen LogP contribution in [0, 0.1) is 0 Å². The molecule has 0 radical (unpaired) electrons. The highest BCUT2D eigenvalue weighted by molar-refractivity contribution is 8.02. The van der Waals surface area contributed by atoms with Crippen LogP contribution < -0.4 is 5.32 Å². The molecular weight excluding hydrogens is 364 g/mol. The van der Waals surface area contributed by atoms with Crippen LogP contribution in [0.2, 0.25) is 0 Å². The Kier molecular flexibility index (Phi) is 4.73. The summed E-state index contributed by atoms with van der Waals surface area (Å²) in [7, 11) is 0. The molecule has 2 aromatic carbocycles. The number of ketones is 1. The normalized spacial score (nSPS) is 12.2. The summed E-state index contributed by atoms with van der Waals surface area (Å²) >= 11 is 2.88. The fourth-order valence-corrected chi connectivity index (χ4v) is 4.64. The number of benzene rings is 2. The molecule has 0 aliphatic rings. The molecule has 0 bridgehead atoms. The number of carbonyl (C=O) groups excluding carboxylic acids is 1. The van der Waals surface area contributed by atoms with Gasteiger partial charge in [-0.1, -0.05) is 59.5 Å². The lowest BCUT2D eigenvalue weighted by Gasteiger charge is -2.06. The average Bonchev–Trinajstić information content (AvgIpc) is 3.29. The molecule has 4 aromatic rings. The van der Waals surface area contributed by atoms with Gasteiger partial charge in [0.2, 0.25) is 5.13 Å². The van der Waals surface area contributed by atoms with Crippen LogP contribution in [0.3, 0.4) is 0 Å². The topological polar surface area (TPSA) is 70.7 Å². The second-order valence-corrected chi connectivity index (χ2v) is 8.30. The summed E-state index contributed by atoms with van der Waals surface area (Å²) in [6, 6.07) is 17.6. The number of carbonyl (C=O) groups is 1. The van der Waals surface area contributed by atoms with E-state index >= 15 is 0 Å². The summed E-state index contributed by atoms with van der Waals surface area (Å²) in [5.41, 5.74) is 2.65. The Morgan fingerprint density at radius 2 is 1.88 bits per heavy atom. The highest BCUT2D eigenvalue weighted by atomic mass is 32.2. The molecule has 0 saturated heterocycles. The standard InChI is InChI=1S/C19H16N4OS2/c1-12(17(24)15-11-20-16-10-6-5-9-14(15)16)25-19-23-22-18(26-19)21-13-7-3-2-4-8-13/h2-12,20H,1H3,(H,21,22)/t12-/m1/s1. The highest BCUT2D eigenvalue weighted by Gasteiger charge is 2.21. The molecule has 0 amide bonds. The van der Waals surface area contributed by atoms with Gasteiger partial charge in [-0.15, -0.1) is 10.2 Å². The molecule has 1 atom stereocenters. The van der Waals surface area contributed by atoms with E-state index in [2.05, 4.69) is 20.5 Å². The van der Waals surface area contributed by atoms with Crippen LogP contribution in [0.25, 0.3) is 10.9 Å². The van der Waals surface area contributed by atoms with Gasteiger partial charge in [-0.3, -0.25) is 4.79 Å². The quantitative estimate of drug-likeness (QED) is 0.359. The molecule has 2 heterocycles. The molecule has 4 rings (SSSR count). The molecule has 5 nitrogen and oxygen atoms in total. The fourth-order valence-electron chi connectivity index (χ4n) is 2.65. The Labute approximate surface area is 158 Å². The summed E-state index contributed by atoms with van der Waals surface area (Å²) in [5.74, 6) is 0.0835. The van der Waals surface area contributed by atoms with E-state index in [4.69, 9.17) is 0 Å². The van der Waals surface area contributed by atoms with Crippen molar-refractivity contribution < 1.29 is 4.79 Å². The molecule has 0 fully saturated rings. The summed E-state index contributed by atoms with van der Waals surface area (Å²) in [6.07, 6.45) is 1.78. The van der Waals surface area contributed by atoms with E-state index < -0.39 is 0 Å². The first-order valence-corrected chi connectivity index (χ1v) is 9.83. The van der Waals surface area contributed by atoms with Gasteiger partial charge in [0, 0.05) is 28.4 Å². The number of aromatic nitrogens is 3. The number of fused-ring (bicyclic) bond motifs is 1. The Morgan fingerprint density at radius 1 is 1.12 bits per heavy atom. The van der Waals surface area contributed by atoms with Crippen LogP contribution in [0.15, 0.2) is 65.1 Å². The Morgan fingerprint density at radius 3 is 2.73 bits per heavy atom. The molecule has 2 aromatic heterocycles. The van der Waals surface area contributed by atoms with Crippen molar-refractivity contribution in [2.75, 3.05) is 5.32 Å². The summed E-state index contributed by atoms with van der Waals surface area (Å²) in [4.78, 5) is 16.0. The highest BCUT2D eigenvalue weighted by Crippen LogP contribution is 2.32. The zero-order valence-corrected chi connectivity index (χ0v) is 15.6. The number of rotatable bonds is 6. The lowest BCUT2D eigenvalue weighted by atomic mass is 10.1. The third-order valence-corrected chi connectivity index (χ3v) is 5.96. The van der Waals surface area contributed by atoms with Gasteiger partial charge in [-0.25, -0.2) is 0 Å². The zero-order valence-electron chi connectivity index (χ0n) is 14.0. The molecule has 0 spiro atoms. The number of para-hydroxylation sites is 2. The number of anilines is 2. The fraction of sp³-hybridized carbons (Fsp3) is 0.105. The Balaban J connectivity index is 1.46. The minimum atomic E-state index is -0.244. The first-order valence-electron chi connectivity index (χ1n) is 8.13. The van der Waals surface area contributed by atoms with Crippen LogP contribution in [-0.4, -0.2) is 26.2 Å². The second kappa shape index (κ2) is 7.31. The van der Waals surface area contributed by atoms with Gasteiger partial charge < -0.3 is 10.3 Å². The van der Waals surface area contributed by atoms with E-state index in [1.807, 2.05) is 61.5 Å². The van der Waals surface area contributed by atoms with Crippen molar-refractivity contribution in [2.45, 2.75) is 16.5 Å². The van der Waals surface area contributed by atoms with Gasteiger partial charge >= 0.3 is 0 Å². The largest absolute Gasteiger partial charge is 0.360 e. The second-order valence-electron chi connectivity index (χ2n) is 5.74. The van der Waals surface area contributed by atoms with Crippen LogP contribution in [0.1, 0.15) is 17.3 Å². The van der Waals surface area contributed by atoms with Crippen LogP contribution in [0.5, 0.6) is 0 Å². The maximum absolute atomic E-state index is 12.8. The number of Topliss-reactive ketones (excluding diaryl/α,β-unsaturated/α-hetero) is 1. The predicted molar refractivity (Wildman–Crippen MR) is 108 cm³/mol. The van der Waals surface area contributed by atoms with Crippen LogP contribution >= 0.6 is 23.1 Å². The number of aromatic amines is 1. The zero-order chi connectivity index (χ0) is 17.9. The molecule has 0 saturated carbocycles. The third kappa shape index (κ3) is 3.49. The number of hydrogen-bond donors (Lipinski definition) is 2. The van der Waals surface area contributed by atoms with E-state index in [0.29, 0.717) is 10.7 Å². The van der Waals surface area contributed by atoms with E-state index in [-0.39, 0.29) is 11.0 Å². The number of nitrogens with zero attached hydrogens (tertiary/aromatic N) is 2. The first-order chi connectivity index (χ1) is 12.7. The lowest BCUT2D eigenvalue weighted by molar-refractivity contribution is 0.0995. The molecule has 130 valence electrons. The van der Waals surface area contributed by atoms with Crippen molar-refractivity contribution in [2.24, 2.45) is 0 Å². The smallest absolute Gasteiger partial charge is 0.210 e. The minimum absolute atomic E-state index is 0.0835. The van der Waals surface area contributed by atoms with Crippen molar-refractivity contribution in [3.63, 3.8) is 0 Å². The van der Waals surface area contributed by atoms with Crippen molar-refractivity contribution >= 4 is 50.6 Å². The number of nitrogens with one attached hydrogen (secondary N) is 2. The average molecular weight is 380 g/mol. The van der Waals surface area contributed by atoms with E-state index in [0.717, 1.165) is 20.9 Å².